The predicted octanol–water partition coefficient (Wildman–Crippen LogP) is 3.27. The predicted molar refractivity (Wildman–Crippen MR) is 127 cm³/mol. The monoisotopic (exact) mass is 520 g/mol. The van der Waals surface area contributed by atoms with Crippen molar-refractivity contribution in [1.29, 1.82) is 0 Å². The Labute approximate surface area is 210 Å². The number of benzene rings is 2. The number of ether oxygens (including phenoxy) is 1. The van der Waals surface area contributed by atoms with Gasteiger partial charge in [-0.05, 0) is 41.1 Å². The lowest BCUT2D eigenvalue weighted by atomic mass is 10.3. The van der Waals surface area contributed by atoms with E-state index in [-0.39, 0.29) is 27.9 Å². The molecule has 0 radical (unpaired) electrons. The second-order valence-electron chi connectivity index (χ2n) is 7.50. The lowest BCUT2D eigenvalue weighted by Gasteiger charge is -2.07. The number of H-pyrrole nitrogens is 1. The number of nitrogens with zero attached hydrogens (tertiary/aromatic N) is 7. The van der Waals surface area contributed by atoms with Gasteiger partial charge in [-0.3, -0.25) is 14.6 Å². The van der Waals surface area contributed by atoms with Crippen LogP contribution in [0.5, 0.6) is 11.6 Å². The molecule has 3 aromatic heterocycles. The molecule has 1 N–H and O–H groups in total. The molecule has 14 nitrogen and oxygen atoms in total. The lowest BCUT2D eigenvalue weighted by molar-refractivity contribution is -0.660. The maximum atomic E-state index is 13.0. The number of nitro groups is 1. The summed E-state index contributed by atoms with van der Waals surface area (Å²) in [4.78, 5) is 27.1. The normalized spacial score (nSPS) is 11.3. The van der Waals surface area contributed by atoms with Crippen LogP contribution in [-0.4, -0.2) is 32.1 Å². The van der Waals surface area contributed by atoms with E-state index in [1.54, 1.807) is 43.7 Å². The van der Waals surface area contributed by atoms with Gasteiger partial charge in [0.05, 0.1) is 23.4 Å². The van der Waals surface area contributed by atoms with E-state index >= 15 is 0 Å². The van der Waals surface area contributed by atoms with E-state index in [1.165, 1.54) is 28.9 Å². The minimum absolute atomic E-state index is 0.00967. The van der Waals surface area contributed by atoms with E-state index in [1.807, 2.05) is 0 Å². The Hall–Kier alpha value is -5.18. The van der Waals surface area contributed by atoms with Crippen LogP contribution in [0.15, 0.2) is 73.5 Å². The summed E-state index contributed by atoms with van der Waals surface area (Å²) in [7, 11) is 1.55. The average Bonchev–Trinajstić information content (AvgIpc) is 3.60. The highest BCUT2D eigenvalue weighted by Gasteiger charge is 2.28. The number of non-ortho nitro benzene ring substituents is 1. The molecule has 0 aliphatic carbocycles. The molecule has 186 valence electrons. The van der Waals surface area contributed by atoms with Crippen LogP contribution >= 0.6 is 11.3 Å². The Kier molecular flexibility index (Phi) is 6.02. The van der Waals surface area contributed by atoms with Crippen LogP contribution in [0.1, 0.15) is 5.69 Å². The van der Waals surface area contributed by atoms with Crippen molar-refractivity contribution in [3.63, 3.8) is 0 Å². The fourth-order valence-electron chi connectivity index (χ4n) is 3.37. The van der Waals surface area contributed by atoms with Crippen molar-refractivity contribution in [3.8, 4) is 33.8 Å². The molecular formula is C22H16N8O6S. The molecular weight excluding hydrogens is 504 g/mol. The maximum Gasteiger partial charge on any atom is 0.437 e. The fourth-order valence-corrected chi connectivity index (χ4v) is 4.12. The third-order valence-electron chi connectivity index (χ3n) is 5.21. The zero-order chi connectivity index (χ0) is 26.1. The summed E-state index contributed by atoms with van der Waals surface area (Å²) in [6.45, 7) is 1.59. The number of aromatic nitrogens is 5. The Bertz CT molecular complexity index is 1680. The summed E-state index contributed by atoms with van der Waals surface area (Å²) < 4.78 is 12.6. The number of hydrogen-bond donors (Lipinski definition) is 1. The molecule has 0 atom stereocenters. The van der Waals surface area contributed by atoms with Crippen molar-refractivity contribution in [2.45, 2.75) is 6.92 Å². The van der Waals surface area contributed by atoms with Gasteiger partial charge in [0.2, 0.25) is 10.8 Å². The summed E-state index contributed by atoms with van der Waals surface area (Å²) in [6.07, 6.45) is 0. The first kappa shape index (κ1) is 23.6. The minimum atomic E-state index is -0.649. The molecule has 0 amide bonds. The quantitative estimate of drug-likeness (QED) is 0.147. The minimum Gasteiger partial charge on any atom is -0.857 e. The van der Waals surface area contributed by atoms with E-state index in [2.05, 4.69) is 25.6 Å². The second-order valence-corrected chi connectivity index (χ2v) is 8.34. The summed E-state index contributed by atoms with van der Waals surface area (Å²) in [5.74, 6) is 0.0828. The Morgan fingerprint density at radius 2 is 1.89 bits per heavy atom. The van der Waals surface area contributed by atoms with Gasteiger partial charge in [-0.1, -0.05) is 0 Å². The van der Waals surface area contributed by atoms with Crippen LogP contribution < -0.4 is 20.2 Å². The van der Waals surface area contributed by atoms with Gasteiger partial charge in [-0.25, -0.2) is 14.5 Å². The van der Waals surface area contributed by atoms with E-state index in [9.17, 15) is 20.0 Å². The third-order valence-corrected chi connectivity index (χ3v) is 6.02. The Morgan fingerprint density at radius 1 is 1.16 bits per heavy atom. The second kappa shape index (κ2) is 9.46. The zero-order valence-corrected chi connectivity index (χ0v) is 20.0. The molecule has 0 aliphatic rings. The van der Waals surface area contributed by atoms with Crippen LogP contribution in [-0.2, 0) is 0 Å². The summed E-state index contributed by atoms with van der Waals surface area (Å²) >= 11 is 1.10. The Morgan fingerprint density at radius 3 is 2.57 bits per heavy atom. The number of aromatic amines is 1. The van der Waals surface area contributed by atoms with Crippen molar-refractivity contribution < 1.29 is 24.0 Å². The van der Waals surface area contributed by atoms with Gasteiger partial charge < -0.3 is 9.84 Å². The number of rotatable bonds is 7. The maximum absolute atomic E-state index is 13.0. The van der Waals surface area contributed by atoms with Crippen molar-refractivity contribution in [3.05, 3.63) is 80.1 Å². The highest BCUT2D eigenvalue weighted by Crippen LogP contribution is 2.33. The summed E-state index contributed by atoms with van der Waals surface area (Å²) in [5, 5.41) is 40.3. The number of aryl methyl sites for hydroxylation is 1. The molecule has 5 aromatic rings. The summed E-state index contributed by atoms with van der Waals surface area (Å²) in [5.41, 5.74) is 0.891. The van der Waals surface area contributed by atoms with E-state index in [0.29, 0.717) is 22.8 Å². The molecule has 0 saturated carbocycles. The fraction of sp³-hybridized carbons (Fsp3) is 0.0909. The van der Waals surface area contributed by atoms with Gasteiger partial charge in [-0.15, -0.1) is 16.5 Å². The SMILES string of the molecule is COc1ccc(-[n+]2[nH]oc(=O)c2-c2csc(-n3nc(C)c(N=Nc4ccc([N+](=O)[O-])cc4)c3[O-])n2)cc1. The van der Waals surface area contributed by atoms with E-state index in [4.69, 9.17) is 9.26 Å². The van der Waals surface area contributed by atoms with E-state index in [0.717, 1.165) is 16.0 Å². The highest BCUT2D eigenvalue weighted by atomic mass is 32.1. The lowest BCUT2D eigenvalue weighted by Crippen LogP contribution is -2.36. The molecule has 37 heavy (non-hydrogen) atoms. The molecule has 0 spiro atoms. The van der Waals surface area contributed by atoms with Crippen LogP contribution in [0, 0.1) is 17.0 Å². The highest BCUT2D eigenvalue weighted by molar-refractivity contribution is 7.12. The molecule has 0 aliphatic heterocycles. The van der Waals surface area contributed by atoms with Gasteiger partial charge in [-0.2, -0.15) is 10.2 Å². The van der Waals surface area contributed by atoms with Crippen molar-refractivity contribution in [2.24, 2.45) is 10.2 Å². The summed E-state index contributed by atoms with van der Waals surface area (Å²) in [6, 6.07) is 12.3. The van der Waals surface area contributed by atoms with Gasteiger partial charge in [0.15, 0.2) is 5.69 Å². The number of azo groups is 1. The third kappa shape index (κ3) is 4.45. The molecule has 2 aromatic carbocycles. The molecule has 0 saturated heterocycles. The number of hydrogen-bond acceptors (Lipinski definition) is 11. The molecule has 0 bridgehead atoms. The average molecular weight is 520 g/mol. The van der Waals surface area contributed by atoms with Gasteiger partial charge in [0, 0.05) is 35.5 Å². The van der Waals surface area contributed by atoms with Crippen molar-refractivity contribution >= 4 is 28.4 Å². The largest absolute Gasteiger partial charge is 0.857 e. The van der Waals surface area contributed by atoms with Gasteiger partial charge >= 0.3 is 11.3 Å². The van der Waals surface area contributed by atoms with Crippen LogP contribution in [0.3, 0.4) is 0 Å². The first-order valence-corrected chi connectivity index (χ1v) is 11.4. The van der Waals surface area contributed by atoms with E-state index < -0.39 is 16.4 Å². The first-order valence-electron chi connectivity index (χ1n) is 10.5. The molecule has 5 rings (SSSR count). The van der Waals surface area contributed by atoms with Gasteiger partial charge in [0.25, 0.3) is 5.69 Å². The number of methoxy groups -OCH3 is 1. The Balaban J connectivity index is 1.45. The molecule has 3 heterocycles. The van der Waals surface area contributed by atoms with Crippen molar-refractivity contribution in [2.75, 3.05) is 7.11 Å². The van der Waals surface area contributed by atoms with Crippen LogP contribution in [0.4, 0.5) is 17.1 Å². The number of thiazole rings is 1. The zero-order valence-electron chi connectivity index (χ0n) is 19.2. The standard InChI is InChI=1S/C22H16N8O6S/c1-12-18(25-24-13-3-5-15(6-4-13)30(33)34)20(31)29(26-12)22-23-17(11-37-22)19-21(32)36-27-28(19)14-7-9-16(35-2)10-8-14/h3-11H,1-2H3,(H-,24,26,27,31,32). The van der Waals surface area contributed by atoms with Crippen LogP contribution in [0.25, 0.3) is 22.2 Å². The molecule has 15 heteroatoms. The van der Waals surface area contributed by atoms with Crippen molar-refractivity contribution in [1.82, 2.24) is 20.0 Å². The first-order chi connectivity index (χ1) is 17.9. The molecule has 0 fully saturated rings. The number of nitro benzene ring substituents is 1. The topological polar surface area (TPSA) is 181 Å². The smallest absolute Gasteiger partial charge is 0.437 e. The molecule has 0 unspecified atom stereocenters. The van der Waals surface area contributed by atoms with Crippen LogP contribution in [0.2, 0.25) is 0 Å². The van der Waals surface area contributed by atoms with Gasteiger partial charge in [0.1, 0.15) is 11.4 Å². The number of nitrogens with one attached hydrogen (secondary N) is 1.